The molecule has 0 atom stereocenters. The molecule has 2 heterocycles. The number of halogens is 2. The highest BCUT2D eigenvalue weighted by Gasteiger charge is 2.09. The summed E-state index contributed by atoms with van der Waals surface area (Å²) >= 11 is 0. The van der Waals surface area contributed by atoms with Crippen LogP contribution in [-0.2, 0) is 39.8 Å². The van der Waals surface area contributed by atoms with E-state index in [2.05, 4.69) is 82.5 Å². The van der Waals surface area contributed by atoms with Crippen LogP contribution in [0.2, 0.25) is 0 Å². The first-order valence-corrected chi connectivity index (χ1v) is 11.4. The van der Waals surface area contributed by atoms with Gasteiger partial charge in [-0.05, 0) is 72.2 Å². The number of hydrogen-bond acceptors (Lipinski definition) is 2. The number of nitrogens with zero attached hydrogens (tertiary/aromatic N) is 2. The summed E-state index contributed by atoms with van der Waals surface area (Å²) in [5.74, 6) is 2.31. The maximum absolute atomic E-state index is 6.21. The molecule has 0 aliphatic carbocycles. The van der Waals surface area contributed by atoms with Crippen LogP contribution in [0.4, 0.5) is 0 Å². The maximum atomic E-state index is 6.21. The van der Waals surface area contributed by atoms with E-state index >= 15 is 0 Å². The first-order chi connectivity index (χ1) is 16.1. The zero-order valence-electron chi connectivity index (χ0n) is 20.5. The van der Waals surface area contributed by atoms with E-state index in [0.717, 1.165) is 42.9 Å². The third-order valence-corrected chi connectivity index (χ3v) is 5.88. The van der Waals surface area contributed by atoms with E-state index in [-0.39, 0.29) is 48.0 Å². The fourth-order valence-electron chi connectivity index (χ4n) is 3.78. The number of rotatable bonds is 9. The molecular weight excluding hydrogens is 662 g/mol. The van der Waals surface area contributed by atoms with Crippen molar-refractivity contribution < 1.29 is 66.6 Å². The van der Waals surface area contributed by atoms with Crippen LogP contribution in [0, 0.1) is 0 Å². The Bertz CT molecular complexity index is 1180. The Hall–Kier alpha value is -2.20. The highest BCUT2D eigenvalue weighted by Crippen LogP contribution is 2.33. The van der Waals surface area contributed by atoms with Crippen LogP contribution < -0.4 is 66.6 Å². The quantitative estimate of drug-likeness (QED) is 0.161. The first-order valence-electron chi connectivity index (χ1n) is 11.4. The molecule has 35 heavy (non-hydrogen) atoms. The molecule has 6 heteroatoms. The molecule has 184 valence electrons. The summed E-state index contributed by atoms with van der Waals surface area (Å²) in [6.45, 7) is 0. The highest BCUT2D eigenvalue weighted by atomic mass is 127. The lowest BCUT2D eigenvalue weighted by molar-refractivity contribution is -0.671. The molecule has 0 bridgehead atoms. The summed E-state index contributed by atoms with van der Waals surface area (Å²) in [4.78, 5) is 0. The molecule has 0 saturated carbocycles. The van der Waals surface area contributed by atoms with Gasteiger partial charge in [-0.15, -0.1) is 0 Å². The Labute approximate surface area is 243 Å². The molecule has 4 aromatic rings. The van der Waals surface area contributed by atoms with Gasteiger partial charge in [0.15, 0.2) is 36.3 Å². The third-order valence-electron chi connectivity index (χ3n) is 5.88. The first kappa shape index (κ1) is 29.0. The molecule has 0 N–H and O–H groups in total. The average Bonchev–Trinajstić information content (AvgIpc) is 2.84. The van der Waals surface area contributed by atoms with Crippen LogP contribution in [0.25, 0.3) is 0 Å². The third kappa shape index (κ3) is 8.75. The minimum atomic E-state index is 0. The van der Waals surface area contributed by atoms with Gasteiger partial charge < -0.3 is 57.4 Å². The van der Waals surface area contributed by atoms with Gasteiger partial charge >= 0.3 is 0 Å². The summed E-state index contributed by atoms with van der Waals surface area (Å²) in [6, 6.07) is 23.2. The highest BCUT2D eigenvalue weighted by molar-refractivity contribution is 5.46. The Kier molecular flexibility index (Phi) is 11.9. The summed E-state index contributed by atoms with van der Waals surface area (Å²) in [5, 5.41) is 0. The molecule has 4 nitrogen and oxygen atoms in total. The molecule has 2 aromatic heterocycles. The number of pyridine rings is 2. The molecule has 0 saturated heterocycles. The van der Waals surface area contributed by atoms with Crippen molar-refractivity contribution >= 4 is 0 Å². The number of methoxy groups -OCH3 is 1. The summed E-state index contributed by atoms with van der Waals surface area (Å²) in [5.41, 5.74) is 5.20. The van der Waals surface area contributed by atoms with E-state index in [9.17, 15) is 0 Å². The molecule has 4 rings (SSSR count). The monoisotopic (exact) mass is 694 g/mol. The minimum absolute atomic E-state index is 0. The van der Waals surface area contributed by atoms with Crippen molar-refractivity contribution in [2.45, 2.75) is 25.7 Å². The van der Waals surface area contributed by atoms with Crippen LogP contribution in [0.15, 0.2) is 91.5 Å². The molecule has 0 unspecified atom stereocenters. The van der Waals surface area contributed by atoms with Crippen LogP contribution in [-0.4, -0.2) is 7.11 Å². The van der Waals surface area contributed by atoms with E-state index in [1.165, 1.54) is 22.3 Å². The van der Waals surface area contributed by atoms with Gasteiger partial charge in [-0.25, -0.2) is 9.13 Å². The van der Waals surface area contributed by atoms with E-state index in [1.807, 2.05) is 32.3 Å². The Morgan fingerprint density at radius 2 is 0.971 bits per heavy atom. The summed E-state index contributed by atoms with van der Waals surface area (Å²) in [7, 11) is 5.75. The number of aromatic nitrogens is 2. The molecule has 0 aliphatic rings. The second-order valence-corrected chi connectivity index (χ2v) is 8.47. The molecule has 0 radical (unpaired) electrons. The smallest absolute Gasteiger partial charge is 0.169 e. The zero-order chi connectivity index (χ0) is 23.0. The van der Waals surface area contributed by atoms with Gasteiger partial charge in [-0.1, -0.05) is 18.2 Å². The predicted octanol–water partition coefficient (Wildman–Crippen LogP) is -1.29. The van der Waals surface area contributed by atoms with Gasteiger partial charge in [-0.3, -0.25) is 0 Å². The van der Waals surface area contributed by atoms with Crippen molar-refractivity contribution in [2.24, 2.45) is 14.1 Å². The van der Waals surface area contributed by atoms with Gasteiger partial charge in [0, 0.05) is 24.3 Å². The standard InChI is InChI=1S/C29H32N2O2.2HI/c1-30-18-14-24(15-19-30)5-4-23-8-11-27(12-9-23)33-29-22-26(10-13-28(29)32-3)7-6-25-16-20-31(2)21-17-25;;/h8-22H,4-7H2,1-3H3;2*1H/q+2;;/p-2. The van der Waals surface area contributed by atoms with Gasteiger partial charge in [0.2, 0.25) is 0 Å². The molecule has 0 spiro atoms. The van der Waals surface area contributed by atoms with Crippen molar-refractivity contribution in [1.29, 1.82) is 0 Å². The number of hydrogen-bond donors (Lipinski definition) is 0. The summed E-state index contributed by atoms with van der Waals surface area (Å²) < 4.78 is 15.9. The number of benzene rings is 2. The molecular formula is C29H32I2N2O2. The molecule has 2 aromatic carbocycles. The van der Waals surface area contributed by atoms with Crippen molar-refractivity contribution in [2.75, 3.05) is 7.11 Å². The lowest BCUT2D eigenvalue weighted by atomic mass is 10.0. The second-order valence-electron chi connectivity index (χ2n) is 8.47. The number of ether oxygens (including phenoxy) is 2. The largest absolute Gasteiger partial charge is 1.00 e. The minimum Gasteiger partial charge on any atom is -1.00 e. The maximum Gasteiger partial charge on any atom is 0.169 e. The SMILES string of the molecule is COc1ccc(CCc2cc[n+](C)cc2)cc1Oc1ccc(CCc2cc[n+](C)cc2)cc1.[I-].[I-]. The van der Waals surface area contributed by atoms with Gasteiger partial charge in [-0.2, -0.15) is 0 Å². The molecule has 0 fully saturated rings. The zero-order valence-corrected chi connectivity index (χ0v) is 24.8. The van der Waals surface area contributed by atoms with Gasteiger partial charge in [0.25, 0.3) is 0 Å². The van der Waals surface area contributed by atoms with E-state index < -0.39 is 0 Å². The fourth-order valence-corrected chi connectivity index (χ4v) is 3.78. The van der Waals surface area contributed by atoms with E-state index in [4.69, 9.17) is 9.47 Å². The van der Waals surface area contributed by atoms with Crippen molar-refractivity contribution in [3.05, 3.63) is 114 Å². The normalized spacial score (nSPS) is 10.1. The topological polar surface area (TPSA) is 26.2 Å². The molecule has 0 aliphatic heterocycles. The van der Waals surface area contributed by atoms with E-state index in [0.29, 0.717) is 0 Å². The van der Waals surface area contributed by atoms with E-state index in [1.54, 1.807) is 7.11 Å². The lowest BCUT2D eigenvalue weighted by Crippen LogP contribution is -3.00. The Balaban J connectivity index is 0.00000216. The van der Waals surface area contributed by atoms with Crippen molar-refractivity contribution in [3.63, 3.8) is 0 Å². The molecule has 0 amide bonds. The van der Waals surface area contributed by atoms with Gasteiger partial charge in [0.05, 0.1) is 7.11 Å². The average molecular weight is 694 g/mol. The van der Waals surface area contributed by atoms with Crippen molar-refractivity contribution in [3.8, 4) is 17.2 Å². The predicted molar refractivity (Wildman–Crippen MR) is 130 cm³/mol. The van der Waals surface area contributed by atoms with Crippen LogP contribution in [0.3, 0.4) is 0 Å². The van der Waals surface area contributed by atoms with Crippen LogP contribution in [0.5, 0.6) is 17.2 Å². The lowest BCUT2D eigenvalue weighted by Gasteiger charge is -2.13. The fraction of sp³-hybridized carbons (Fsp3) is 0.241. The second kappa shape index (κ2) is 14.4. The summed E-state index contributed by atoms with van der Waals surface area (Å²) in [6.07, 6.45) is 12.3. The van der Waals surface area contributed by atoms with Crippen LogP contribution >= 0.6 is 0 Å². The Morgan fingerprint density at radius 1 is 0.543 bits per heavy atom. The Morgan fingerprint density at radius 3 is 1.46 bits per heavy atom. The van der Waals surface area contributed by atoms with Gasteiger partial charge in [0.1, 0.15) is 19.8 Å². The van der Waals surface area contributed by atoms with Crippen molar-refractivity contribution in [1.82, 2.24) is 0 Å². The van der Waals surface area contributed by atoms with Crippen LogP contribution in [0.1, 0.15) is 22.3 Å². The number of aryl methyl sites for hydroxylation is 6.